The van der Waals surface area contributed by atoms with Crippen molar-refractivity contribution >= 4 is 5.91 Å². The van der Waals surface area contributed by atoms with Crippen LogP contribution in [0.5, 0.6) is 0 Å². The van der Waals surface area contributed by atoms with Crippen LogP contribution in [0.3, 0.4) is 0 Å². The third-order valence-electron chi connectivity index (χ3n) is 2.21. The molecule has 0 atom stereocenters. The first-order valence-corrected chi connectivity index (χ1v) is 5.05. The summed E-state index contributed by atoms with van der Waals surface area (Å²) in [6.07, 6.45) is 0. The Balaban J connectivity index is 2.93. The predicted molar refractivity (Wildman–Crippen MR) is 59.8 cm³/mol. The van der Waals surface area contributed by atoms with E-state index in [4.69, 9.17) is 5.11 Å². The second kappa shape index (κ2) is 4.61. The van der Waals surface area contributed by atoms with E-state index in [9.17, 15) is 9.18 Å². The first-order chi connectivity index (χ1) is 7.35. The number of carbonyl (C=O) groups is 1. The zero-order chi connectivity index (χ0) is 12.3. The van der Waals surface area contributed by atoms with Gasteiger partial charge < -0.3 is 10.4 Å². The molecule has 0 heterocycles. The maximum atomic E-state index is 13.4. The van der Waals surface area contributed by atoms with E-state index >= 15 is 0 Å². The average Bonchev–Trinajstić information content (AvgIpc) is 2.21. The third kappa shape index (κ3) is 3.03. The van der Waals surface area contributed by atoms with Gasteiger partial charge in [-0.2, -0.15) is 0 Å². The van der Waals surface area contributed by atoms with Gasteiger partial charge in [-0.15, -0.1) is 0 Å². The molecule has 0 spiro atoms. The van der Waals surface area contributed by atoms with E-state index < -0.39 is 17.3 Å². The lowest BCUT2D eigenvalue weighted by atomic mass is 10.1. The van der Waals surface area contributed by atoms with E-state index in [0.717, 1.165) is 5.56 Å². The normalized spacial score (nSPS) is 11.3. The van der Waals surface area contributed by atoms with Crippen LogP contribution in [0.4, 0.5) is 4.39 Å². The Kier molecular flexibility index (Phi) is 3.65. The molecule has 1 aromatic carbocycles. The Morgan fingerprint density at radius 3 is 2.69 bits per heavy atom. The minimum atomic E-state index is -0.757. The summed E-state index contributed by atoms with van der Waals surface area (Å²) < 4.78 is 13.4. The fourth-order valence-electron chi connectivity index (χ4n) is 1.23. The molecule has 0 fully saturated rings. The van der Waals surface area contributed by atoms with Crippen molar-refractivity contribution in [3.8, 4) is 0 Å². The van der Waals surface area contributed by atoms with Crippen LogP contribution in [0.25, 0.3) is 0 Å². The highest BCUT2D eigenvalue weighted by atomic mass is 19.1. The molecule has 4 heteroatoms. The van der Waals surface area contributed by atoms with Crippen molar-refractivity contribution in [2.45, 2.75) is 26.3 Å². The minimum absolute atomic E-state index is 0.00141. The van der Waals surface area contributed by atoms with Gasteiger partial charge in [-0.05, 0) is 32.9 Å². The molecule has 3 nitrogen and oxygen atoms in total. The Morgan fingerprint density at radius 2 is 2.12 bits per heavy atom. The van der Waals surface area contributed by atoms with Crippen LogP contribution in [-0.2, 0) is 0 Å². The number of aryl methyl sites for hydroxylation is 1. The zero-order valence-electron chi connectivity index (χ0n) is 9.67. The summed E-state index contributed by atoms with van der Waals surface area (Å²) in [6, 6.07) is 4.34. The zero-order valence-corrected chi connectivity index (χ0v) is 9.67. The molecule has 1 rings (SSSR count). The molecule has 0 aliphatic carbocycles. The molecule has 16 heavy (non-hydrogen) atoms. The van der Waals surface area contributed by atoms with Crippen LogP contribution in [0.2, 0.25) is 0 Å². The highest BCUT2D eigenvalue weighted by Gasteiger charge is 2.21. The number of hydrogen-bond acceptors (Lipinski definition) is 2. The van der Waals surface area contributed by atoms with Crippen LogP contribution < -0.4 is 5.32 Å². The fraction of sp³-hybridized carbons (Fsp3) is 0.417. The van der Waals surface area contributed by atoms with E-state index in [0.29, 0.717) is 0 Å². The molecule has 88 valence electrons. The van der Waals surface area contributed by atoms with Crippen molar-refractivity contribution in [2.75, 3.05) is 6.61 Å². The van der Waals surface area contributed by atoms with Crippen LogP contribution >= 0.6 is 0 Å². The lowest BCUT2D eigenvalue weighted by Gasteiger charge is -2.23. The van der Waals surface area contributed by atoms with Crippen LogP contribution in [-0.4, -0.2) is 23.2 Å². The SMILES string of the molecule is Cc1ccc(F)c(C(=O)NC(C)(C)CO)c1. The van der Waals surface area contributed by atoms with Crippen LogP contribution in [0.1, 0.15) is 29.8 Å². The number of halogens is 1. The topological polar surface area (TPSA) is 49.3 Å². The summed E-state index contributed by atoms with van der Waals surface area (Å²) in [5.74, 6) is -1.07. The van der Waals surface area contributed by atoms with Crippen molar-refractivity contribution < 1.29 is 14.3 Å². The molecule has 2 N–H and O–H groups in total. The first kappa shape index (κ1) is 12.6. The molecular formula is C12H16FNO2. The van der Waals surface area contributed by atoms with E-state index in [-0.39, 0.29) is 12.2 Å². The standard InChI is InChI=1S/C12H16FNO2/c1-8-4-5-10(13)9(6-8)11(16)14-12(2,3)7-15/h4-6,15H,7H2,1-3H3,(H,14,16). The van der Waals surface area contributed by atoms with Gasteiger partial charge in [0.2, 0.25) is 0 Å². The lowest BCUT2D eigenvalue weighted by Crippen LogP contribution is -2.46. The number of nitrogens with one attached hydrogen (secondary N) is 1. The minimum Gasteiger partial charge on any atom is -0.394 e. The fourth-order valence-corrected chi connectivity index (χ4v) is 1.23. The number of hydrogen-bond donors (Lipinski definition) is 2. The monoisotopic (exact) mass is 225 g/mol. The van der Waals surface area contributed by atoms with Gasteiger partial charge in [0.25, 0.3) is 5.91 Å². The van der Waals surface area contributed by atoms with E-state index in [1.54, 1.807) is 26.8 Å². The van der Waals surface area contributed by atoms with Crippen molar-refractivity contribution in [1.82, 2.24) is 5.32 Å². The summed E-state index contributed by atoms with van der Waals surface area (Å²) in [4.78, 5) is 11.7. The summed E-state index contributed by atoms with van der Waals surface area (Å²) >= 11 is 0. The molecule has 0 unspecified atom stereocenters. The molecule has 0 saturated heterocycles. The lowest BCUT2D eigenvalue weighted by molar-refractivity contribution is 0.0865. The van der Waals surface area contributed by atoms with Gasteiger partial charge in [0, 0.05) is 0 Å². The van der Waals surface area contributed by atoms with Gasteiger partial charge in [0.05, 0.1) is 17.7 Å². The summed E-state index contributed by atoms with van der Waals surface area (Å²) in [7, 11) is 0. The van der Waals surface area contributed by atoms with Crippen molar-refractivity contribution in [1.29, 1.82) is 0 Å². The van der Waals surface area contributed by atoms with Crippen LogP contribution in [0, 0.1) is 12.7 Å². The molecule has 0 bridgehead atoms. The second-order valence-corrected chi connectivity index (χ2v) is 4.48. The molecule has 0 radical (unpaired) electrons. The largest absolute Gasteiger partial charge is 0.394 e. The molecule has 0 aliphatic rings. The third-order valence-corrected chi connectivity index (χ3v) is 2.21. The molecule has 0 aromatic heterocycles. The summed E-state index contributed by atoms with van der Waals surface area (Å²) in [5, 5.41) is 11.6. The maximum Gasteiger partial charge on any atom is 0.254 e. The van der Waals surface area contributed by atoms with Gasteiger partial charge in [-0.25, -0.2) is 4.39 Å². The smallest absolute Gasteiger partial charge is 0.254 e. The Labute approximate surface area is 94.3 Å². The second-order valence-electron chi connectivity index (χ2n) is 4.48. The quantitative estimate of drug-likeness (QED) is 0.821. The van der Waals surface area contributed by atoms with E-state index in [1.807, 2.05) is 0 Å². The van der Waals surface area contributed by atoms with Crippen molar-refractivity contribution in [2.24, 2.45) is 0 Å². The first-order valence-electron chi connectivity index (χ1n) is 5.05. The van der Waals surface area contributed by atoms with Gasteiger partial charge >= 0.3 is 0 Å². The molecular weight excluding hydrogens is 209 g/mol. The maximum absolute atomic E-state index is 13.4. The van der Waals surface area contributed by atoms with E-state index in [1.165, 1.54) is 12.1 Å². The number of amides is 1. The highest BCUT2D eigenvalue weighted by Crippen LogP contribution is 2.11. The number of rotatable bonds is 3. The van der Waals surface area contributed by atoms with Crippen molar-refractivity contribution in [3.63, 3.8) is 0 Å². The Morgan fingerprint density at radius 1 is 1.50 bits per heavy atom. The molecule has 1 amide bonds. The highest BCUT2D eigenvalue weighted by molar-refractivity contribution is 5.95. The Bertz CT molecular complexity index is 402. The molecule has 0 saturated carbocycles. The summed E-state index contributed by atoms with van der Waals surface area (Å²) in [6.45, 7) is 4.91. The van der Waals surface area contributed by atoms with Gasteiger partial charge in [0.15, 0.2) is 0 Å². The van der Waals surface area contributed by atoms with Crippen LogP contribution in [0.15, 0.2) is 18.2 Å². The predicted octanol–water partition coefficient (Wildman–Crippen LogP) is 1.63. The Hall–Kier alpha value is -1.42. The molecule has 1 aromatic rings. The molecule has 0 aliphatic heterocycles. The number of aliphatic hydroxyl groups excluding tert-OH is 1. The average molecular weight is 225 g/mol. The number of benzene rings is 1. The van der Waals surface area contributed by atoms with Crippen molar-refractivity contribution in [3.05, 3.63) is 35.1 Å². The van der Waals surface area contributed by atoms with Gasteiger partial charge in [0.1, 0.15) is 5.82 Å². The number of carbonyl (C=O) groups excluding carboxylic acids is 1. The van der Waals surface area contributed by atoms with E-state index in [2.05, 4.69) is 5.32 Å². The van der Waals surface area contributed by atoms with Gasteiger partial charge in [-0.3, -0.25) is 4.79 Å². The number of aliphatic hydroxyl groups is 1. The summed E-state index contributed by atoms with van der Waals surface area (Å²) in [5.41, 5.74) is 0.0580. The van der Waals surface area contributed by atoms with Gasteiger partial charge in [-0.1, -0.05) is 11.6 Å².